The van der Waals surface area contributed by atoms with E-state index in [1.54, 1.807) is 7.11 Å². The van der Waals surface area contributed by atoms with Crippen molar-refractivity contribution in [3.8, 4) is 5.75 Å². The number of halogens is 1. The fourth-order valence-corrected chi connectivity index (χ4v) is 3.18. The first-order valence-electron chi connectivity index (χ1n) is 8.61. The highest BCUT2D eigenvalue weighted by Gasteiger charge is 2.23. The van der Waals surface area contributed by atoms with Crippen molar-refractivity contribution in [3.63, 3.8) is 0 Å². The van der Waals surface area contributed by atoms with E-state index in [9.17, 15) is 4.79 Å². The molecule has 1 aliphatic heterocycles. The first-order chi connectivity index (χ1) is 12.1. The molecule has 1 amide bonds. The zero-order valence-electron chi connectivity index (χ0n) is 15.5. The molecular weight excluding hydrogens is 354 g/mol. The van der Waals surface area contributed by atoms with Crippen LogP contribution in [0.25, 0.3) is 0 Å². The fraction of sp³-hybridized carbons (Fsp3) is 0.474. The van der Waals surface area contributed by atoms with Gasteiger partial charge >= 0.3 is 0 Å². The maximum atomic E-state index is 12.5. The summed E-state index contributed by atoms with van der Waals surface area (Å²) >= 11 is 0. The van der Waals surface area contributed by atoms with Crippen LogP contribution >= 0.6 is 12.4 Å². The number of carbonyl (C=O) groups is 1. The van der Waals surface area contributed by atoms with E-state index in [2.05, 4.69) is 10.1 Å². The van der Waals surface area contributed by atoms with Gasteiger partial charge in [-0.25, -0.2) is 0 Å². The van der Waals surface area contributed by atoms with E-state index in [0.717, 1.165) is 61.1 Å². The lowest BCUT2D eigenvalue weighted by atomic mass is 10.1. The standard InChI is InChI=1S/C19H25N3O3.ClH/c1-14-18(15(2)25-20-14)13-21-7-9-22(10-8-21)19(23)12-16-5-4-6-17(11-16)24-3;/h4-6,11H,7-10,12-13H2,1-3H3;1H. The summed E-state index contributed by atoms with van der Waals surface area (Å²) in [7, 11) is 1.64. The molecule has 0 radical (unpaired) electrons. The number of benzene rings is 1. The van der Waals surface area contributed by atoms with Gasteiger partial charge in [-0.15, -0.1) is 12.4 Å². The van der Waals surface area contributed by atoms with Crippen LogP contribution in [0.2, 0.25) is 0 Å². The van der Waals surface area contributed by atoms with Crippen LogP contribution in [0.3, 0.4) is 0 Å². The number of aryl methyl sites for hydroxylation is 2. The molecule has 1 aliphatic rings. The molecule has 0 bridgehead atoms. The van der Waals surface area contributed by atoms with Crippen molar-refractivity contribution in [2.24, 2.45) is 0 Å². The number of methoxy groups -OCH3 is 1. The average molecular weight is 380 g/mol. The SMILES string of the molecule is COc1cccc(CC(=O)N2CCN(Cc3c(C)noc3C)CC2)c1.Cl. The molecule has 0 atom stereocenters. The second kappa shape index (κ2) is 9.05. The van der Waals surface area contributed by atoms with Crippen LogP contribution in [0, 0.1) is 13.8 Å². The first kappa shape index (κ1) is 20.3. The van der Waals surface area contributed by atoms with Crippen molar-refractivity contribution in [1.82, 2.24) is 15.0 Å². The Morgan fingerprint density at radius 1 is 1.23 bits per heavy atom. The summed E-state index contributed by atoms with van der Waals surface area (Å²) < 4.78 is 10.5. The molecule has 0 spiro atoms. The number of hydrogen-bond donors (Lipinski definition) is 0. The maximum Gasteiger partial charge on any atom is 0.227 e. The van der Waals surface area contributed by atoms with Crippen molar-refractivity contribution in [3.05, 3.63) is 46.8 Å². The van der Waals surface area contributed by atoms with E-state index >= 15 is 0 Å². The number of rotatable bonds is 5. The van der Waals surface area contributed by atoms with Crippen LogP contribution in [-0.2, 0) is 17.8 Å². The summed E-state index contributed by atoms with van der Waals surface area (Å²) in [5.74, 6) is 1.84. The molecule has 142 valence electrons. The van der Waals surface area contributed by atoms with Crippen LogP contribution in [0.4, 0.5) is 0 Å². The number of carbonyl (C=O) groups excluding carboxylic acids is 1. The van der Waals surface area contributed by atoms with E-state index in [-0.39, 0.29) is 18.3 Å². The molecule has 0 unspecified atom stereocenters. The van der Waals surface area contributed by atoms with E-state index in [4.69, 9.17) is 9.26 Å². The molecule has 1 saturated heterocycles. The Morgan fingerprint density at radius 2 is 1.96 bits per heavy atom. The predicted molar refractivity (Wildman–Crippen MR) is 102 cm³/mol. The van der Waals surface area contributed by atoms with E-state index in [1.165, 1.54) is 0 Å². The number of piperazine rings is 1. The lowest BCUT2D eigenvalue weighted by Gasteiger charge is -2.34. The number of hydrogen-bond acceptors (Lipinski definition) is 5. The molecule has 0 saturated carbocycles. The molecule has 1 fully saturated rings. The van der Waals surface area contributed by atoms with Gasteiger partial charge in [0.05, 0.1) is 19.2 Å². The van der Waals surface area contributed by atoms with Gasteiger partial charge in [-0.1, -0.05) is 17.3 Å². The largest absolute Gasteiger partial charge is 0.497 e. The minimum absolute atomic E-state index is 0. The number of aromatic nitrogens is 1. The molecule has 1 aromatic heterocycles. The number of amides is 1. The second-order valence-electron chi connectivity index (χ2n) is 6.49. The van der Waals surface area contributed by atoms with Gasteiger partial charge in [0.25, 0.3) is 0 Å². The summed E-state index contributed by atoms with van der Waals surface area (Å²) in [5.41, 5.74) is 3.10. The Labute approximate surface area is 160 Å². The third-order valence-corrected chi connectivity index (χ3v) is 4.78. The zero-order valence-corrected chi connectivity index (χ0v) is 16.3. The third kappa shape index (κ3) is 4.77. The van der Waals surface area contributed by atoms with E-state index in [0.29, 0.717) is 6.42 Å². The molecule has 6 nitrogen and oxygen atoms in total. The molecular formula is C19H26ClN3O3. The predicted octanol–water partition coefficient (Wildman–Crippen LogP) is 2.61. The van der Waals surface area contributed by atoms with Gasteiger partial charge in [0.2, 0.25) is 5.91 Å². The lowest BCUT2D eigenvalue weighted by molar-refractivity contribution is -0.132. The second-order valence-corrected chi connectivity index (χ2v) is 6.49. The van der Waals surface area contributed by atoms with Gasteiger partial charge in [-0.2, -0.15) is 0 Å². The highest BCUT2D eigenvalue weighted by molar-refractivity contribution is 5.85. The van der Waals surface area contributed by atoms with Crippen molar-refractivity contribution in [1.29, 1.82) is 0 Å². The van der Waals surface area contributed by atoms with Crippen LogP contribution in [-0.4, -0.2) is 54.2 Å². The fourth-order valence-electron chi connectivity index (χ4n) is 3.18. The molecule has 1 aromatic carbocycles. The maximum absolute atomic E-state index is 12.5. The quantitative estimate of drug-likeness (QED) is 0.799. The van der Waals surface area contributed by atoms with E-state index < -0.39 is 0 Å². The Hall–Kier alpha value is -2.05. The molecule has 26 heavy (non-hydrogen) atoms. The van der Waals surface area contributed by atoms with E-state index in [1.807, 2.05) is 43.0 Å². The van der Waals surface area contributed by atoms with Gasteiger partial charge in [-0.05, 0) is 31.5 Å². The number of ether oxygens (including phenoxy) is 1. The smallest absolute Gasteiger partial charge is 0.227 e. The summed E-state index contributed by atoms with van der Waals surface area (Å²) in [4.78, 5) is 16.8. The van der Waals surface area contributed by atoms with Crippen molar-refractivity contribution >= 4 is 18.3 Å². The highest BCUT2D eigenvalue weighted by atomic mass is 35.5. The third-order valence-electron chi connectivity index (χ3n) is 4.78. The summed E-state index contributed by atoms with van der Waals surface area (Å²) in [6.07, 6.45) is 0.418. The summed E-state index contributed by atoms with van der Waals surface area (Å²) in [5, 5.41) is 4.01. The molecule has 7 heteroatoms. The minimum atomic E-state index is 0. The highest BCUT2D eigenvalue weighted by Crippen LogP contribution is 2.17. The van der Waals surface area contributed by atoms with Gasteiger partial charge in [-0.3, -0.25) is 9.69 Å². The van der Waals surface area contributed by atoms with Crippen molar-refractivity contribution in [2.75, 3.05) is 33.3 Å². The molecule has 2 heterocycles. The minimum Gasteiger partial charge on any atom is -0.497 e. The van der Waals surface area contributed by atoms with Gasteiger partial charge in [0.15, 0.2) is 0 Å². The first-order valence-corrected chi connectivity index (χ1v) is 8.61. The zero-order chi connectivity index (χ0) is 17.8. The topological polar surface area (TPSA) is 58.8 Å². The Kier molecular flexibility index (Phi) is 7.06. The molecule has 2 aromatic rings. The summed E-state index contributed by atoms with van der Waals surface area (Å²) in [6.45, 7) is 8.00. The average Bonchev–Trinajstić information content (AvgIpc) is 2.94. The normalized spacial score (nSPS) is 14.8. The number of nitrogens with zero attached hydrogens (tertiary/aromatic N) is 3. The van der Waals surface area contributed by atoms with Crippen molar-refractivity contribution in [2.45, 2.75) is 26.8 Å². The molecule has 3 rings (SSSR count). The van der Waals surface area contributed by atoms with Gasteiger partial charge in [0.1, 0.15) is 11.5 Å². The Balaban J connectivity index is 0.00000243. The van der Waals surface area contributed by atoms with Crippen molar-refractivity contribution < 1.29 is 14.1 Å². The van der Waals surface area contributed by atoms with Crippen LogP contribution < -0.4 is 4.74 Å². The monoisotopic (exact) mass is 379 g/mol. The Morgan fingerprint density at radius 3 is 2.58 bits per heavy atom. The molecule has 0 N–H and O–H groups in total. The van der Waals surface area contributed by atoms with Crippen LogP contribution in [0.5, 0.6) is 5.75 Å². The molecule has 0 aliphatic carbocycles. The van der Waals surface area contributed by atoms with Gasteiger partial charge in [0, 0.05) is 38.3 Å². The van der Waals surface area contributed by atoms with Crippen LogP contribution in [0.15, 0.2) is 28.8 Å². The van der Waals surface area contributed by atoms with Gasteiger partial charge < -0.3 is 14.2 Å². The van der Waals surface area contributed by atoms with Crippen LogP contribution in [0.1, 0.15) is 22.6 Å². The summed E-state index contributed by atoms with van der Waals surface area (Å²) in [6, 6.07) is 7.70. The Bertz CT molecular complexity index is 720. The lowest BCUT2D eigenvalue weighted by Crippen LogP contribution is -2.48.